The monoisotopic (exact) mass is 182 g/mol. The minimum atomic E-state index is 0.356. The molecule has 0 aromatic carbocycles. The van der Waals surface area contributed by atoms with Crippen LogP contribution in [0.2, 0.25) is 0 Å². The Bertz CT molecular complexity index is 282. The number of likely N-dealkylation sites (tertiary alicyclic amines) is 1. The number of aromatic nitrogens is 4. The Morgan fingerprint density at radius 3 is 3.00 bits per heavy atom. The molecule has 2 rings (SSSR count). The first-order valence-electron chi connectivity index (χ1n) is 4.57. The lowest BCUT2D eigenvalue weighted by Crippen LogP contribution is -2.22. The van der Waals surface area contributed by atoms with E-state index >= 15 is 0 Å². The molecular formula is C7H14N6. The number of tetrazole rings is 1. The lowest BCUT2D eigenvalue weighted by molar-refractivity contribution is 0.335. The van der Waals surface area contributed by atoms with Crippen molar-refractivity contribution >= 4 is 5.95 Å². The largest absolute Gasteiger partial charge is 0.367 e. The average Bonchev–Trinajstić information content (AvgIpc) is 2.71. The van der Waals surface area contributed by atoms with Gasteiger partial charge in [-0.3, -0.25) is 0 Å². The first-order chi connectivity index (χ1) is 6.31. The second-order valence-electron chi connectivity index (χ2n) is 3.32. The van der Waals surface area contributed by atoms with Crippen LogP contribution in [0, 0.1) is 0 Å². The summed E-state index contributed by atoms with van der Waals surface area (Å²) < 4.78 is 1.72. The number of nitrogens with two attached hydrogens (primary N) is 1. The first-order valence-corrected chi connectivity index (χ1v) is 4.57. The van der Waals surface area contributed by atoms with Crippen LogP contribution in [0.3, 0.4) is 0 Å². The Labute approximate surface area is 76.7 Å². The molecule has 0 bridgehead atoms. The molecule has 0 saturated carbocycles. The predicted molar refractivity (Wildman–Crippen MR) is 48.0 cm³/mol. The van der Waals surface area contributed by atoms with E-state index in [-0.39, 0.29) is 0 Å². The molecule has 1 aromatic heterocycles. The third kappa shape index (κ3) is 1.49. The second-order valence-corrected chi connectivity index (χ2v) is 3.32. The molecule has 0 amide bonds. The molecule has 1 unspecified atom stereocenters. The van der Waals surface area contributed by atoms with E-state index in [1.807, 2.05) is 0 Å². The van der Waals surface area contributed by atoms with Crippen molar-refractivity contribution in [2.24, 2.45) is 0 Å². The summed E-state index contributed by atoms with van der Waals surface area (Å²) in [6, 6.07) is 0.356. The summed E-state index contributed by atoms with van der Waals surface area (Å²) in [6.07, 6.45) is 1.09. The van der Waals surface area contributed by atoms with Gasteiger partial charge in [0.2, 0.25) is 5.95 Å². The highest BCUT2D eigenvalue weighted by Gasteiger charge is 2.24. The molecule has 1 aliphatic rings. The molecule has 72 valence electrons. The van der Waals surface area contributed by atoms with Crippen molar-refractivity contribution in [3.63, 3.8) is 0 Å². The van der Waals surface area contributed by atoms with E-state index < -0.39 is 0 Å². The van der Waals surface area contributed by atoms with Gasteiger partial charge in [0.25, 0.3) is 0 Å². The zero-order valence-electron chi connectivity index (χ0n) is 7.72. The molecule has 1 aliphatic heterocycles. The van der Waals surface area contributed by atoms with E-state index in [1.54, 1.807) is 4.68 Å². The van der Waals surface area contributed by atoms with E-state index in [2.05, 4.69) is 27.3 Å². The van der Waals surface area contributed by atoms with Gasteiger partial charge in [-0.2, -0.15) is 0 Å². The van der Waals surface area contributed by atoms with E-state index in [9.17, 15) is 0 Å². The van der Waals surface area contributed by atoms with Gasteiger partial charge < -0.3 is 10.6 Å². The fourth-order valence-electron chi connectivity index (χ4n) is 1.76. The summed E-state index contributed by atoms with van der Waals surface area (Å²) in [5, 5.41) is 11.1. The van der Waals surface area contributed by atoms with Gasteiger partial charge in [-0.15, -0.1) is 0 Å². The topological polar surface area (TPSA) is 72.9 Å². The van der Waals surface area contributed by atoms with Crippen molar-refractivity contribution in [1.82, 2.24) is 25.1 Å². The molecule has 1 fully saturated rings. The minimum Gasteiger partial charge on any atom is -0.367 e. The summed E-state index contributed by atoms with van der Waals surface area (Å²) in [4.78, 5) is 2.37. The molecule has 6 heteroatoms. The molecule has 0 radical (unpaired) electrons. The van der Waals surface area contributed by atoms with Crippen LogP contribution >= 0.6 is 0 Å². The molecule has 13 heavy (non-hydrogen) atoms. The number of hydrogen-bond acceptors (Lipinski definition) is 5. The molecule has 1 atom stereocenters. The van der Waals surface area contributed by atoms with Gasteiger partial charge in [0.1, 0.15) is 0 Å². The quantitative estimate of drug-likeness (QED) is 0.669. The van der Waals surface area contributed by atoms with E-state index in [0.717, 1.165) is 26.1 Å². The molecule has 2 heterocycles. The summed E-state index contributed by atoms with van der Waals surface area (Å²) in [7, 11) is 0. The van der Waals surface area contributed by atoms with Gasteiger partial charge in [0, 0.05) is 13.1 Å². The number of nitrogens with zero attached hydrogens (tertiary/aromatic N) is 5. The fraction of sp³-hybridized carbons (Fsp3) is 0.857. The van der Waals surface area contributed by atoms with Crippen molar-refractivity contribution in [1.29, 1.82) is 0 Å². The van der Waals surface area contributed by atoms with Crippen LogP contribution in [0.25, 0.3) is 0 Å². The maximum atomic E-state index is 5.62. The molecule has 0 aliphatic carbocycles. The SMILES string of the molecule is CCN1CCC(n2nnnc2N)C1. The lowest BCUT2D eigenvalue weighted by Gasteiger charge is -2.12. The highest BCUT2D eigenvalue weighted by molar-refractivity contribution is 5.12. The Balaban J connectivity index is 2.08. The van der Waals surface area contributed by atoms with Crippen LogP contribution in [-0.4, -0.2) is 44.7 Å². The van der Waals surface area contributed by atoms with Gasteiger partial charge in [0.15, 0.2) is 0 Å². The van der Waals surface area contributed by atoms with E-state index in [1.165, 1.54) is 0 Å². The van der Waals surface area contributed by atoms with E-state index in [4.69, 9.17) is 5.73 Å². The van der Waals surface area contributed by atoms with Gasteiger partial charge in [0.05, 0.1) is 6.04 Å². The van der Waals surface area contributed by atoms with Gasteiger partial charge in [-0.25, -0.2) is 4.68 Å². The Hall–Kier alpha value is -1.17. The second kappa shape index (κ2) is 3.29. The van der Waals surface area contributed by atoms with Gasteiger partial charge in [-0.1, -0.05) is 12.0 Å². The van der Waals surface area contributed by atoms with Crippen LogP contribution in [-0.2, 0) is 0 Å². The zero-order valence-corrected chi connectivity index (χ0v) is 7.72. The van der Waals surface area contributed by atoms with Crippen molar-refractivity contribution in [2.75, 3.05) is 25.4 Å². The smallest absolute Gasteiger partial charge is 0.240 e. The molecular weight excluding hydrogens is 168 g/mol. The van der Waals surface area contributed by atoms with Crippen molar-refractivity contribution in [2.45, 2.75) is 19.4 Å². The molecule has 1 saturated heterocycles. The number of likely N-dealkylation sites (N-methyl/N-ethyl adjacent to an activating group) is 1. The highest BCUT2D eigenvalue weighted by atomic mass is 15.6. The Kier molecular flexibility index (Phi) is 2.13. The zero-order chi connectivity index (χ0) is 9.26. The molecule has 2 N–H and O–H groups in total. The number of anilines is 1. The lowest BCUT2D eigenvalue weighted by atomic mass is 10.3. The van der Waals surface area contributed by atoms with Crippen molar-refractivity contribution < 1.29 is 0 Å². The fourth-order valence-corrected chi connectivity index (χ4v) is 1.76. The van der Waals surface area contributed by atoms with Crippen molar-refractivity contribution in [3.05, 3.63) is 0 Å². The third-order valence-corrected chi connectivity index (χ3v) is 2.56. The van der Waals surface area contributed by atoms with Gasteiger partial charge >= 0.3 is 0 Å². The average molecular weight is 182 g/mol. The van der Waals surface area contributed by atoms with Gasteiger partial charge in [-0.05, 0) is 23.4 Å². The number of rotatable bonds is 2. The minimum absolute atomic E-state index is 0.356. The highest BCUT2D eigenvalue weighted by Crippen LogP contribution is 2.21. The summed E-state index contributed by atoms with van der Waals surface area (Å²) >= 11 is 0. The summed E-state index contributed by atoms with van der Waals surface area (Å²) in [5.74, 6) is 0.419. The predicted octanol–water partition coefficient (Wildman–Crippen LogP) is -0.478. The van der Waals surface area contributed by atoms with E-state index in [0.29, 0.717) is 12.0 Å². The maximum Gasteiger partial charge on any atom is 0.240 e. The first kappa shape index (κ1) is 8.43. The molecule has 0 spiro atoms. The van der Waals surface area contributed by atoms with Crippen molar-refractivity contribution in [3.8, 4) is 0 Å². The molecule has 1 aromatic rings. The van der Waals surface area contributed by atoms with Crippen LogP contribution in [0.4, 0.5) is 5.95 Å². The number of nitrogen functional groups attached to an aromatic ring is 1. The standard InChI is InChI=1S/C7H14N6/c1-2-12-4-3-6(5-12)13-7(8)9-10-11-13/h6H,2-5H2,1H3,(H2,8,9,11). The summed E-state index contributed by atoms with van der Waals surface area (Å²) in [6.45, 7) is 5.36. The van der Waals surface area contributed by atoms with Crippen LogP contribution in [0.1, 0.15) is 19.4 Å². The van der Waals surface area contributed by atoms with Crippen LogP contribution in [0.15, 0.2) is 0 Å². The number of hydrogen-bond donors (Lipinski definition) is 1. The Morgan fingerprint density at radius 1 is 1.62 bits per heavy atom. The summed E-state index contributed by atoms with van der Waals surface area (Å²) in [5.41, 5.74) is 5.62. The molecule has 6 nitrogen and oxygen atoms in total. The maximum absolute atomic E-state index is 5.62. The van der Waals surface area contributed by atoms with Crippen LogP contribution in [0.5, 0.6) is 0 Å². The third-order valence-electron chi connectivity index (χ3n) is 2.56. The Morgan fingerprint density at radius 2 is 2.46 bits per heavy atom. The van der Waals surface area contributed by atoms with Crippen LogP contribution < -0.4 is 5.73 Å². The normalized spacial score (nSPS) is 23.9.